The molecule has 0 unspecified atom stereocenters. The zero-order valence-electron chi connectivity index (χ0n) is 40.2. The van der Waals surface area contributed by atoms with Crippen LogP contribution in [0.5, 0.6) is 0 Å². The molecule has 3 aromatic carbocycles. The van der Waals surface area contributed by atoms with Crippen molar-refractivity contribution >= 4 is 27.9 Å². The molecule has 0 spiro atoms. The van der Waals surface area contributed by atoms with E-state index in [2.05, 4.69) is 249 Å². The lowest BCUT2D eigenvalue weighted by Crippen LogP contribution is -3.00. The van der Waals surface area contributed by atoms with E-state index in [1.807, 2.05) is 10.6 Å². The van der Waals surface area contributed by atoms with Crippen molar-refractivity contribution in [2.75, 3.05) is 11.4 Å². The third-order valence-electron chi connectivity index (χ3n) is 11.8. The second-order valence-corrected chi connectivity index (χ2v) is 17.1. The Kier molecular flexibility index (Phi) is 22.8. The fraction of sp³-hybridized carbons (Fsp3) is 0.308. The fourth-order valence-corrected chi connectivity index (χ4v) is 8.54. The lowest BCUT2D eigenvalue weighted by atomic mass is 9.81. The van der Waals surface area contributed by atoms with Gasteiger partial charge in [-0.3, -0.25) is 0 Å². The molecule has 0 atom stereocenters. The van der Waals surface area contributed by atoms with Gasteiger partial charge in [0.1, 0.15) is 0 Å². The van der Waals surface area contributed by atoms with Crippen LogP contribution >= 0.6 is 0 Å². The summed E-state index contributed by atoms with van der Waals surface area (Å²) in [4.78, 5) is 2.59. The first-order chi connectivity index (χ1) is 32.8. The number of nitrogens with zero attached hydrogens (tertiary/aromatic N) is 2. The van der Waals surface area contributed by atoms with Crippen LogP contribution in [-0.4, -0.2) is 16.8 Å². The molecule has 0 N–H and O–H groups in total. The van der Waals surface area contributed by atoms with E-state index < -0.39 is 0 Å². The van der Waals surface area contributed by atoms with E-state index in [9.17, 15) is 0 Å². The molecule has 0 bridgehead atoms. The first-order valence-corrected chi connectivity index (χ1v) is 23.4. The minimum Gasteiger partial charge on any atom is -1.00 e. The van der Waals surface area contributed by atoms with Crippen LogP contribution in [-0.2, 0) is 10.8 Å². The molecule has 0 amide bonds. The number of unbranched alkanes of at least 4 members (excludes halogenated alkanes) is 11. The maximum Gasteiger partial charge on any atom is 0.243 e. The van der Waals surface area contributed by atoms with Crippen molar-refractivity contribution in [1.29, 1.82) is 0 Å². The quantitative estimate of drug-likeness (QED) is 0.0456. The van der Waals surface area contributed by atoms with Gasteiger partial charge in [0.25, 0.3) is 0 Å². The monoisotopic (exact) mass is 1040 g/mol. The summed E-state index contributed by atoms with van der Waals surface area (Å²) in [6.07, 6.45) is 32.1. The molecule has 5 rings (SSSR count). The van der Waals surface area contributed by atoms with Gasteiger partial charge in [0.15, 0.2) is 0 Å². The SMILES string of the molecule is C#CC#CC#CC#CC#CC#CC#CC#CC#CC#CC#C[N+]1=C(/C=C/C=C/C=C2/N(CCCCCCCCCCCCCC)c3ccc4ccccc4c3C2(C)C)C(C)(C)c2ccccc21.[HH].[HH].[HH].[HH].[HH].[HH].[HH].[HH].[HH].[HH].[HH].[HH].[HH].[HH].[HH].[HH].[HH].[HH].[HH].[HH].[HH].[HH].[I-]. The molecule has 3 aromatic rings. The number of hydrogen-bond acceptors (Lipinski definition) is 1. The summed E-state index contributed by atoms with van der Waals surface area (Å²) in [6, 6.07) is 25.1. The molecule has 2 aliphatic heterocycles. The smallest absolute Gasteiger partial charge is 0.243 e. The highest BCUT2D eigenvalue weighted by Crippen LogP contribution is 2.51. The number of halogens is 1. The van der Waals surface area contributed by atoms with Crippen LogP contribution < -0.4 is 28.9 Å². The van der Waals surface area contributed by atoms with E-state index in [1.54, 1.807) is 0 Å². The molecule has 0 aromatic heterocycles. The molecule has 0 saturated heterocycles. The molecule has 2 heterocycles. The first-order valence-electron chi connectivity index (χ1n) is 23.4. The second-order valence-electron chi connectivity index (χ2n) is 17.1. The minimum absolute atomic E-state index is 0. The number of rotatable bonds is 16. The summed E-state index contributed by atoms with van der Waals surface area (Å²) in [5.41, 5.74) is 7.02. The Bertz CT molecular complexity index is 3220. The van der Waals surface area contributed by atoms with Crippen LogP contribution in [0.1, 0.15) is 154 Å². The average Bonchev–Trinajstić information content (AvgIpc) is 3.68. The zero-order chi connectivity index (χ0) is 47.4. The van der Waals surface area contributed by atoms with E-state index >= 15 is 0 Å². The van der Waals surface area contributed by atoms with E-state index in [0.29, 0.717) is 0 Å². The molecular weight excluding hydrogens is 936 g/mol. The Morgan fingerprint density at radius 3 is 1.62 bits per heavy atom. The van der Waals surface area contributed by atoms with Crippen molar-refractivity contribution in [3.63, 3.8) is 0 Å². The van der Waals surface area contributed by atoms with Crippen LogP contribution in [0.2, 0.25) is 0 Å². The largest absolute Gasteiger partial charge is 1.00 e. The number of para-hydroxylation sites is 1. The van der Waals surface area contributed by atoms with Gasteiger partial charge < -0.3 is 28.9 Å². The third-order valence-corrected chi connectivity index (χ3v) is 11.8. The van der Waals surface area contributed by atoms with Crippen molar-refractivity contribution in [2.24, 2.45) is 0 Å². The molecule has 0 fully saturated rings. The maximum absolute atomic E-state index is 5.01. The Morgan fingerprint density at radius 2 is 1.04 bits per heavy atom. The van der Waals surface area contributed by atoms with Crippen molar-refractivity contribution in [1.82, 2.24) is 0 Å². The summed E-state index contributed by atoms with van der Waals surface area (Å²) >= 11 is 0. The summed E-state index contributed by atoms with van der Waals surface area (Å²) in [5.74, 6) is 51.8. The maximum atomic E-state index is 5.01. The lowest BCUT2D eigenvalue weighted by Gasteiger charge is -2.27. The normalized spacial score (nSPS) is 13.2. The summed E-state index contributed by atoms with van der Waals surface area (Å²) in [6.45, 7) is 12.5. The van der Waals surface area contributed by atoms with Crippen LogP contribution in [0, 0.1) is 131 Å². The van der Waals surface area contributed by atoms with Gasteiger partial charge in [0.05, 0.1) is 11.3 Å². The number of terminal acetylenes is 1. The topological polar surface area (TPSA) is 6.25 Å². The van der Waals surface area contributed by atoms with Crippen molar-refractivity contribution in [3.05, 3.63) is 108 Å². The Labute approximate surface area is 459 Å². The van der Waals surface area contributed by atoms with E-state index in [1.165, 1.54) is 110 Å². The summed E-state index contributed by atoms with van der Waals surface area (Å²) < 4.78 is 2.04. The molecular formula is C65H101IN2. The van der Waals surface area contributed by atoms with E-state index in [-0.39, 0.29) is 66.2 Å². The predicted molar refractivity (Wildman–Crippen MR) is 329 cm³/mol. The number of anilines is 1. The Morgan fingerprint density at radius 1 is 0.544 bits per heavy atom. The highest BCUT2D eigenvalue weighted by Gasteiger charge is 2.44. The minimum atomic E-state index is -0.266. The predicted octanol–water partition coefficient (Wildman–Crippen LogP) is 14.8. The van der Waals surface area contributed by atoms with Gasteiger partial charge in [0, 0.05) is 138 Å². The molecule has 378 valence electrons. The number of allylic oxidation sites excluding steroid dienone is 6. The number of benzene rings is 3. The highest BCUT2D eigenvalue weighted by atomic mass is 127. The van der Waals surface area contributed by atoms with Crippen LogP contribution in [0.3, 0.4) is 0 Å². The number of hydrogen-bond donors (Lipinski definition) is 0. The summed E-state index contributed by atoms with van der Waals surface area (Å²) in [7, 11) is 0. The number of fused-ring (bicyclic) bond motifs is 4. The third kappa shape index (κ3) is 15.6. The molecule has 0 saturated carbocycles. The molecule has 2 aliphatic rings. The molecule has 68 heavy (non-hydrogen) atoms. The lowest BCUT2D eigenvalue weighted by molar-refractivity contribution is -0.332. The Hall–Kier alpha value is -7.50. The first kappa shape index (κ1) is 53.1. The zero-order valence-corrected chi connectivity index (χ0v) is 42.4. The van der Waals surface area contributed by atoms with Crippen LogP contribution in [0.4, 0.5) is 11.4 Å². The van der Waals surface area contributed by atoms with Gasteiger partial charge in [-0.15, -0.1) is 11.0 Å². The second kappa shape index (κ2) is 29.2. The Balaban J connectivity index is -0.000000129. The summed E-state index contributed by atoms with van der Waals surface area (Å²) in [5, 5.41) is 2.63. The highest BCUT2D eigenvalue weighted by molar-refractivity contribution is 6.03. The van der Waals surface area contributed by atoms with Gasteiger partial charge in [-0.25, -0.2) is 0 Å². The standard InChI is InChI=1S/C65H57N2.HI.22H2/c1-7-9-11-13-15-17-19-21-22-23-24-25-26-27-28-30-31-33-35-44-54-66-59-49-43-42-48-58(59)64(3,4)61(66)50-38-37-39-51-62-65(5,6)63-57-47-41-40-46-56(57)52-53-60(63)67(62)55-45-36-34-32-29-20-18-16-14-12-10-8-2;;;;;;;;;;;;;;;;;;;;;;;/h1,37-43,46-53H,8,10,12,14,16,18,20,29,32,34,36,45,55H2,2-6H3;23*1H/q+1;;;;;;;;;;;;;;;;;;;;;;;/p-1. The van der Waals surface area contributed by atoms with Crippen molar-refractivity contribution in [3.8, 4) is 131 Å². The fourth-order valence-electron chi connectivity index (χ4n) is 8.54. The molecule has 0 aliphatic carbocycles. The molecule has 2 nitrogen and oxygen atoms in total. The van der Waals surface area contributed by atoms with Gasteiger partial charge >= 0.3 is 0 Å². The van der Waals surface area contributed by atoms with Gasteiger partial charge in [-0.2, -0.15) is 0 Å². The van der Waals surface area contributed by atoms with Gasteiger partial charge in [0.2, 0.25) is 17.4 Å². The van der Waals surface area contributed by atoms with Gasteiger partial charge in [-0.1, -0.05) is 158 Å². The van der Waals surface area contributed by atoms with E-state index in [4.69, 9.17) is 6.42 Å². The van der Waals surface area contributed by atoms with E-state index in [0.717, 1.165) is 17.9 Å². The molecule has 0 radical (unpaired) electrons. The average molecular weight is 1040 g/mol. The van der Waals surface area contributed by atoms with Gasteiger partial charge in [-0.05, 0) is 96.1 Å². The molecule has 3 heteroatoms. The van der Waals surface area contributed by atoms with Crippen LogP contribution in [0.15, 0.2) is 96.7 Å². The van der Waals surface area contributed by atoms with Crippen molar-refractivity contribution < 1.29 is 59.9 Å². The van der Waals surface area contributed by atoms with Crippen molar-refractivity contribution in [2.45, 2.75) is 122 Å². The van der Waals surface area contributed by atoms with Crippen LogP contribution in [0.25, 0.3) is 10.8 Å².